The molecular weight excluding hydrogens is 418 g/mol. The lowest BCUT2D eigenvalue weighted by molar-refractivity contribution is -0.135. The maximum Gasteiger partial charge on any atom is 0.290 e. The van der Waals surface area contributed by atoms with Crippen molar-refractivity contribution in [3.05, 3.63) is 77.1 Å². The van der Waals surface area contributed by atoms with Gasteiger partial charge in [-0.15, -0.1) is 0 Å². The number of ether oxygens (including phenoxy) is 2. The van der Waals surface area contributed by atoms with Gasteiger partial charge < -0.3 is 19.5 Å². The summed E-state index contributed by atoms with van der Waals surface area (Å²) in [6, 6.07) is 17.1. The lowest BCUT2D eigenvalue weighted by Gasteiger charge is -2.35. The number of ketones is 1. The van der Waals surface area contributed by atoms with Gasteiger partial charge in [-0.05, 0) is 48.9 Å². The average molecular weight is 448 g/mol. The SMILES string of the molecule is O=C1C2=C(OC3CCCCC13)C(=O)N(CCCO)C2c1ccc(OCc2ccccc2)cc1. The van der Waals surface area contributed by atoms with Crippen LogP contribution in [0.15, 0.2) is 65.9 Å². The van der Waals surface area contributed by atoms with Crippen molar-refractivity contribution in [3.8, 4) is 5.75 Å². The van der Waals surface area contributed by atoms with Crippen molar-refractivity contribution in [3.63, 3.8) is 0 Å². The van der Waals surface area contributed by atoms with E-state index < -0.39 is 6.04 Å². The van der Waals surface area contributed by atoms with Gasteiger partial charge in [-0.3, -0.25) is 9.59 Å². The van der Waals surface area contributed by atoms with Crippen LogP contribution in [0.1, 0.15) is 49.3 Å². The minimum Gasteiger partial charge on any atom is -0.489 e. The molecule has 6 heteroatoms. The molecule has 2 aromatic carbocycles. The van der Waals surface area contributed by atoms with Crippen LogP contribution in [0.3, 0.4) is 0 Å². The van der Waals surface area contributed by atoms with Crippen molar-refractivity contribution in [2.75, 3.05) is 13.2 Å². The first-order valence-corrected chi connectivity index (χ1v) is 11.8. The van der Waals surface area contributed by atoms with Crippen molar-refractivity contribution in [2.45, 2.75) is 50.9 Å². The summed E-state index contributed by atoms with van der Waals surface area (Å²) >= 11 is 0. The van der Waals surface area contributed by atoms with Crippen molar-refractivity contribution in [1.82, 2.24) is 4.90 Å². The molecule has 1 N–H and O–H groups in total. The van der Waals surface area contributed by atoms with Crippen LogP contribution in [-0.4, -0.2) is 41.0 Å². The van der Waals surface area contributed by atoms with Gasteiger partial charge in [0.1, 0.15) is 18.5 Å². The maximum absolute atomic E-state index is 13.5. The minimum atomic E-state index is -0.488. The van der Waals surface area contributed by atoms with Crippen molar-refractivity contribution < 1.29 is 24.2 Å². The molecule has 3 atom stereocenters. The summed E-state index contributed by atoms with van der Waals surface area (Å²) in [5, 5.41) is 9.37. The average Bonchev–Trinajstić information content (AvgIpc) is 3.14. The van der Waals surface area contributed by atoms with Gasteiger partial charge in [0.2, 0.25) is 0 Å². The maximum atomic E-state index is 13.5. The molecule has 3 aliphatic rings. The zero-order chi connectivity index (χ0) is 22.8. The molecule has 5 rings (SSSR count). The fourth-order valence-electron chi connectivity index (χ4n) is 5.20. The van der Waals surface area contributed by atoms with Gasteiger partial charge in [-0.2, -0.15) is 0 Å². The molecule has 0 bridgehead atoms. The highest BCUT2D eigenvalue weighted by atomic mass is 16.5. The molecule has 1 saturated carbocycles. The Bertz CT molecular complexity index is 1050. The van der Waals surface area contributed by atoms with Crippen LogP contribution in [-0.2, 0) is 20.9 Å². The predicted octanol–water partition coefficient (Wildman–Crippen LogP) is 3.94. The second kappa shape index (κ2) is 9.40. The van der Waals surface area contributed by atoms with E-state index >= 15 is 0 Å². The van der Waals surface area contributed by atoms with E-state index in [1.807, 2.05) is 54.6 Å². The summed E-state index contributed by atoms with van der Waals surface area (Å²) in [5.74, 6) is 0.580. The smallest absolute Gasteiger partial charge is 0.290 e. The number of hydrogen-bond acceptors (Lipinski definition) is 5. The molecule has 0 spiro atoms. The third kappa shape index (κ3) is 4.15. The third-order valence-corrected chi connectivity index (χ3v) is 6.86. The van der Waals surface area contributed by atoms with Crippen LogP contribution in [0.25, 0.3) is 0 Å². The number of nitrogens with zero attached hydrogens (tertiary/aromatic N) is 1. The molecule has 0 aromatic heterocycles. The molecule has 2 aliphatic heterocycles. The first-order chi connectivity index (χ1) is 16.2. The molecule has 0 radical (unpaired) electrons. The lowest BCUT2D eigenvalue weighted by atomic mass is 9.77. The number of aliphatic hydroxyl groups is 1. The number of carbonyl (C=O) groups excluding carboxylic acids is 2. The molecule has 1 aliphatic carbocycles. The van der Waals surface area contributed by atoms with Crippen LogP contribution < -0.4 is 4.74 Å². The van der Waals surface area contributed by atoms with Gasteiger partial charge in [-0.1, -0.05) is 48.9 Å². The summed E-state index contributed by atoms with van der Waals surface area (Å²) in [7, 11) is 0. The molecule has 33 heavy (non-hydrogen) atoms. The van der Waals surface area contributed by atoms with Gasteiger partial charge in [0.25, 0.3) is 5.91 Å². The van der Waals surface area contributed by atoms with Crippen LogP contribution in [0.4, 0.5) is 0 Å². The Morgan fingerprint density at radius 2 is 1.76 bits per heavy atom. The zero-order valence-corrected chi connectivity index (χ0v) is 18.6. The van der Waals surface area contributed by atoms with E-state index in [2.05, 4.69) is 0 Å². The van der Waals surface area contributed by atoms with Gasteiger partial charge in [-0.25, -0.2) is 0 Å². The lowest BCUT2D eigenvalue weighted by Crippen LogP contribution is -2.39. The zero-order valence-electron chi connectivity index (χ0n) is 18.6. The van der Waals surface area contributed by atoms with E-state index in [4.69, 9.17) is 9.47 Å². The molecule has 6 nitrogen and oxygen atoms in total. The minimum absolute atomic E-state index is 0.0204. The molecule has 2 heterocycles. The van der Waals surface area contributed by atoms with E-state index in [1.54, 1.807) is 4.90 Å². The molecular formula is C27H29NO5. The van der Waals surface area contributed by atoms with E-state index in [9.17, 15) is 14.7 Å². The fraction of sp³-hybridized carbons (Fsp3) is 0.407. The summed E-state index contributed by atoms with van der Waals surface area (Å²) in [4.78, 5) is 28.5. The Hall–Kier alpha value is -3.12. The standard InChI is InChI=1S/C27H29NO5/c29-16-6-15-28-24(19-11-13-20(14-12-19)32-17-18-7-2-1-3-8-18)23-25(30)21-9-4-5-10-22(21)33-26(23)27(28)31/h1-3,7-8,11-14,21-22,24,29H,4-6,9-10,15-17H2. The van der Waals surface area contributed by atoms with Crippen molar-refractivity contribution in [2.24, 2.45) is 5.92 Å². The number of carbonyl (C=O) groups is 2. The van der Waals surface area contributed by atoms with Crippen LogP contribution in [0, 0.1) is 5.92 Å². The number of hydrogen-bond donors (Lipinski definition) is 1. The van der Waals surface area contributed by atoms with Crippen molar-refractivity contribution >= 4 is 11.7 Å². The summed E-state index contributed by atoms with van der Waals surface area (Å²) in [5.41, 5.74) is 2.42. The summed E-state index contributed by atoms with van der Waals surface area (Å²) in [6.45, 7) is 0.814. The number of rotatable bonds is 7. The Kier molecular flexibility index (Phi) is 6.18. The monoisotopic (exact) mass is 447 g/mol. The van der Waals surface area contributed by atoms with E-state index in [0.29, 0.717) is 25.1 Å². The predicted molar refractivity (Wildman–Crippen MR) is 122 cm³/mol. The number of amides is 1. The molecule has 1 fully saturated rings. The number of aliphatic hydroxyl groups excluding tert-OH is 1. The van der Waals surface area contributed by atoms with Gasteiger partial charge in [0.15, 0.2) is 11.5 Å². The molecule has 2 aromatic rings. The van der Waals surface area contributed by atoms with E-state index in [0.717, 1.165) is 42.6 Å². The number of benzene rings is 2. The van der Waals surface area contributed by atoms with Gasteiger partial charge in [0.05, 0.1) is 17.5 Å². The molecule has 3 unspecified atom stereocenters. The van der Waals surface area contributed by atoms with Crippen LogP contribution in [0.2, 0.25) is 0 Å². The fourth-order valence-corrected chi connectivity index (χ4v) is 5.20. The number of fused-ring (bicyclic) bond motifs is 1. The highest BCUT2D eigenvalue weighted by Crippen LogP contribution is 2.46. The van der Waals surface area contributed by atoms with E-state index in [1.165, 1.54) is 0 Å². The highest BCUT2D eigenvalue weighted by molar-refractivity contribution is 6.11. The normalized spacial score (nSPS) is 24.4. The molecule has 172 valence electrons. The molecule has 0 saturated heterocycles. The second-order valence-electron chi connectivity index (χ2n) is 8.98. The third-order valence-electron chi connectivity index (χ3n) is 6.86. The first-order valence-electron chi connectivity index (χ1n) is 11.8. The Morgan fingerprint density at radius 3 is 2.52 bits per heavy atom. The second-order valence-corrected chi connectivity index (χ2v) is 8.98. The van der Waals surface area contributed by atoms with E-state index in [-0.39, 0.29) is 36.1 Å². The van der Waals surface area contributed by atoms with Crippen molar-refractivity contribution in [1.29, 1.82) is 0 Å². The first kappa shape index (κ1) is 21.7. The van der Waals surface area contributed by atoms with Gasteiger partial charge >= 0.3 is 0 Å². The quantitative estimate of drug-likeness (QED) is 0.696. The number of Topliss-reactive ketones (excluding diaryl/α,β-unsaturated/α-hetero) is 1. The summed E-state index contributed by atoms with van der Waals surface area (Å²) in [6.07, 6.45) is 3.91. The molecule has 1 amide bonds. The van der Waals surface area contributed by atoms with Crippen LogP contribution >= 0.6 is 0 Å². The Morgan fingerprint density at radius 1 is 1.00 bits per heavy atom. The highest BCUT2D eigenvalue weighted by Gasteiger charge is 2.51. The van der Waals surface area contributed by atoms with Crippen LogP contribution in [0.5, 0.6) is 5.75 Å². The summed E-state index contributed by atoms with van der Waals surface area (Å²) < 4.78 is 12.1. The Balaban J connectivity index is 1.41. The largest absolute Gasteiger partial charge is 0.489 e. The topological polar surface area (TPSA) is 76.1 Å². The van der Waals surface area contributed by atoms with Gasteiger partial charge in [0, 0.05) is 13.2 Å². The Labute approximate surface area is 193 Å².